The summed E-state index contributed by atoms with van der Waals surface area (Å²) in [5.74, 6) is 0.485. The molecule has 3 rings (SSSR count). The number of rotatable bonds is 5. The van der Waals surface area contributed by atoms with E-state index in [9.17, 15) is 4.79 Å². The quantitative estimate of drug-likeness (QED) is 0.836. The predicted octanol–water partition coefficient (Wildman–Crippen LogP) is 2.13. The minimum Gasteiger partial charge on any atom is -0.465 e. The fourth-order valence-corrected chi connectivity index (χ4v) is 2.84. The molecule has 1 heterocycles. The maximum Gasteiger partial charge on any atom is 0.337 e. The Kier molecular flexibility index (Phi) is 4.03. The lowest BCUT2D eigenvalue weighted by atomic mass is 10.1. The average molecular weight is 275 g/mol. The van der Waals surface area contributed by atoms with Gasteiger partial charge < -0.3 is 14.8 Å². The van der Waals surface area contributed by atoms with Crippen LogP contribution in [0, 0.1) is 5.92 Å². The largest absolute Gasteiger partial charge is 0.465 e. The summed E-state index contributed by atoms with van der Waals surface area (Å²) in [4.78, 5) is 11.4. The minimum absolute atomic E-state index is 0.289. The van der Waals surface area contributed by atoms with Gasteiger partial charge in [0.15, 0.2) is 0 Å². The Morgan fingerprint density at radius 2 is 2.05 bits per heavy atom. The van der Waals surface area contributed by atoms with Crippen molar-refractivity contribution in [1.82, 2.24) is 5.32 Å². The molecule has 1 aliphatic carbocycles. The van der Waals surface area contributed by atoms with Crippen molar-refractivity contribution in [2.24, 2.45) is 5.92 Å². The summed E-state index contributed by atoms with van der Waals surface area (Å²) in [6.45, 7) is 1.69. The Bertz CT molecular complexity index is 467. The third-order valence-corrected chi connectivity index (χ3v) is 4.17. The van der Waals surface area contributed by atoms with Crippen LogP contribution in [0.2, 0.25) is 0 Å². The molecule has 4 nitrogen and oxygen atoms in total. The molecule has 0 spiro atoms. The molecule has 1 N–H and O–H groups in total. The lowest BCUT2D eigenvalue weighted by molar-refractivity contribution is 0.0600. The summed E-state index contributed by atoms with van der Waals surface area (Å²) in [6.07, 6.45) is 4.14. The van der Waals surface area contributed by atoms with Gasteiger partial charge in [0.2, 0.25) is 0 Å². The van der Waals surface area contributed by atoms with Crippen molar-refractivity contribution in [2.45, 2.75) is 38.0 Å². The highest BCUT2D eigenvalue weighted by Gasteiger charge is 2.40. The number of hydrogen-bond acceptors (Lipinski definition) is 4. The Morgan fingerprint density at radius 3 is 2.70 bits per heavy atom. The van der Waals surface area contributed by atoms with Crippen LogP contribution in [0.1, 0.15) is 35.2 Å². The summed E-state index contributed by atoms with van der Waals surface area (Å²) in [7, 11) is 1.40. The SMILES string of the molecule is COC(=O)c1ccc(CNC2CCOC2C2CC2)cc1. The maximum absolute atomic E-state index is 11.4. The molecule has 2 atom stereocenters. The van der Waals surface area contributed by atoms with Crippen LogP contribution < -0.4 is 5.32 Å². The number of carbonyl (C=O) groups excluding carboxylic acids is 1. The van der Waals surface area contributed by atoms with Crippen molar-refractivity contribution >= 4 is 5.97 Å². The Hall–Kier alpha value is -1.39. The van der Waals surface area contributed by atoms with Crippen molar-refractivity contribution < 1.29 is 14.3 Å². The van der Waals surface area contributed by atoms with Crippen molar-refractivity contribution in [2.75, 3.05) is 13.7 Å². The molecule has 1 aliphatic heterocycles. The summed E-state index contributed by atoms with van der Waals surface area (Å²) < 4.78 is 10.5. The lowest BCUT2D eigenvalue weighted by Gasteiger charge is -2.19. The van der Waals surface area contributed by atoms with Crippen LogP contribution in [0.5, 0.6) is 0 Å². The van der Waals surface area contributed by atoms with Crippen molar-refractivity contribution in [1.29, 1.82) is 0 Å². The van der Waals surface area contributed by atoms with Crippen LogP contribution in [0.3, 0.4) is 0 Å². The van der Waals surface area contributed by atoms with Gasteiger partial charge in [0, 0.05) is 19.2 Å². The second-order valence-corrected chi connectivity index (χ2v) is 5.64. The van der Waals surface area contributed by atoms with Gasteiger partial charge in [-0.2, -0.15) is 0 Å². The van der Waals surface area contributed by atoms with Crippen LogP contribution in [0.25, 0.3) is 0 Å². The van der Waals surface area contributed by atoms with E-state index in [2.05, 4.69) is 5.32 Å². The van der Waals surface area contributed by atoms with Crippen molar-refractivity contribution in [3.63, 3.8) is 0 Å². The van der Waals surface area contributed by atoms with Crippen molar-refractivity contribution in [3.8, 4) is 0 Å². The molecular weight excluding hydrogens is 254 g/mol. The topological polar surface area (TPSA) is 47.6 Å². The summed E-state index contributed by atoms with van der Waals surface area (Å²) in [6, 6.07) is 8.05. The molecule has 20 heavy (non-hydrogen) atoms. The molecule has 1 saturated heterocycles. The first-order chi connectivity index (χ1) is 9.78. The average Bonchev–Trinajstić information content (AvgIpc) is 3.23. The van der Waals surface area contributed by atoms with Crippen LogP contribution in [0.4, 0.5) is 0 Å². The molecule has 2 fully saturated rings. The van der Waals surface area contributed by atoms with E-state index >= 15 is 0 Å². The zero-order valence-electron chi connectivity index (χ0n) is 11.8. The van der Waals surface area contributed by atoms with E-state index in [0.717, 1.165) is 25.5 Å². The van der Waals surface area contributed by atoms with E-state index in [1.54, 1.807) is 0 Å². The van der Waals surface area contributed by atoms with Crippen LogP contribution in [-0.4, -0.2) is 31.8 Å². The molecule has 0 bridgehead atoms. The summed E-state index contributed by atoms with van der Waals surface area (Å²) >= 11 is 0. The minimum atomic E-state index is -0.289. The highest BCUT2D eigenvalue weighted by Crippen LogP contribution is 2.38. The number of ether oxygens (including phenoxy) is 2. The Morgan fingerprint density at radius 1 is 1.30 bits per heavy atom. The summed E-state index contributed by atoms with van der Waals surface area (Å²) in [5.41, 5.74) is 1.77. The van der Waals surface area contributed by atoms with Gasteiger partial charge in [-0.3, -0.25) is 0 Å². The number of esters is 1. The van der Waals surface area contributed by atoms with Gasteiger partial charge in [-0.15, -0.1) is 0 Å². The van der Waals surface area contributed by atoms with Gasteiger partial charge in [-0.25, -0.2) is 4.79 Å². The molecule has 0 amide bonds. The molecule has 0 aromatic heterocycles. The zero-order chi connectivity index (χ0) is 13.9. The third kappa shape index (κ3) is 3.02. The first-order valence-electron chi connectivity index (χ1n) is 7.30. The molecule has 2 unspecified atom stereocenters. The van der Waals surface area contributed by atoms with Crippen LogP contribution in [-0.2, 0) is 16.0 Å². The smallest absolute Gasteiger partial charge is 0.337 e. The van der Waals surface area contributed by atoms with Gasteiger partial charge in [-0.05, 0) is 42.9 Å². The van der Waals surface area contributed by atoms with Gasteiger partial charge >= 0.3 is 5.97 Å². The number of carbonyl (C=O) groups is 1. The third-order valence-electron chi connectivity index (χ3n) is 4.17. The van der Waals surface area contributed by atoms with Gasteiger partial charge in [-0.1, -0.05) is 12.1 Å². The van der Waals surface area contributed by atoms with E-state index in [4.69, 9.17) is 9.47 Å². The number of nitrogens with one attached hydrogen (secondary N) is 1. The zero-order valence-corrected chi connectivity index (χ0v) is 11.8. The van der Waals surface area contributed by atoms with E-state index in [1.165, 1.54) is 25.5 Å². The summed E-state index contributed by atoms with van der Waals surface area (Å²) in [5, 5.41) is 3.59. The Labute approximate surface area is 119 Å². The molecule has 108 valence electrons. The molecule has 1 saturated carbocycles. The second kappa shape index (κ2) is 5.94. The van der Waals surface area contributed by atoms with Crippen LogP contribution in [0.15, 0.2) is 24.3 Å². The first kappa shape index (κ1) is 13.6. The van der Waals surface area contributed by atoms with Gasteiger partial charge in [0.1, 0.15) is 0 Å². The fourth-order valence-electron chi connectivity index (χ4n) is 2.84. The Balaban J connectivity index is 1.54. The number of methoxy groups -OCH3 is 1. The molecular formula is C16H21NO3. The van der Waals surface area contributed by atoms with E-state index < -0.39 is 0 Å². The first-order valence-corrected chi connectivity index (χ1v) is 7.30. The standard InChI is InChI=1S/C16H21NO3/c1-19-16(18)13-4-2-11(3-5-13)10-17-14-8-9-20-15(14)12-6-7-12/h2-5,12,14-15,17H,6-10H2,1H3. The van der Waals surface area contributed by atoms with Gasteiger partial charge in [0.25, 0.3) is 0 Å². The number of hydrogen-bond donors (Lipinski definition) is 1. The molecule has 4 heteroatoms. The molecule has 1 aromatic carbocycles. The number of benzene rings is 1. The normalized spacial score (nSPS) is 25.6. The molecule has 1 aromatic rings. The van der Waals surface area contributed by atoms with Crippen molar-refractivity contribution in [3.05, 3.63) is 35.4 Å². The molecule has 0 radical (unpaired) electrons. The second-order valence-electron chi connectivity index (χ2n) is 5.64. The fraction of sp³-hybridized carbons (Fsp3) is 0.562. The van der Waals surface area contributed by atoms with E-state index in [0.29, 0.717) is 17.7 Å². The predicted molar refractivity (Wildman–Crippen MR) is 75.5 cm³/mol. The maximum atomic E-state index is 11.4. The highest BCUT2D eigenvalue weighted by atomic mass is 16.5. The van der Waals surface area contributed by atoms with E-state index in [1.807, 2.05) is 24.3 Å². The highest BCUT2D eigenvalue weighted by molar-refractivity contribution is 5.89. The van der Waals surface area contributed by atoms with Crippen LogP contribution >= 0.6 is 0 Å². The monoisotopic (exact) mass is 275 g/mol. The lowest BCUT2D eigenvalue weighted by Crippen LogP contribution is -2.37. The van der Waals surface area contributed by atoms with E-state index in [-0.39, 0.29) is 5.97 Å². The van der Waals surface area contributed by atoms with Gasteiger partial charge in [0.05, 0.1) is 18.8 Å². The molecule has 2 aliphatic rings.